The first-order valence-corrected chi connectivity index (χ1v) is 27.7. The Balaban J connectivity index is 0.811. The first kappa shape index (κ1) is 57.2. The number of benzene rings is 4. The fourth-order valence-electron chi connectivity index (χ4n) is 10.3. The maximum absolute atomic E-state index is 13.4. The molecule has 0 saturated carbocycles. The fourth-order valence-corrected chi connectivity index (χ4v) is 10.3. The first-order valence-electron chi connectivity index (χ1n) is 27.7. The summed E-state index contributed by atoms with van der Waals surface area (Å²) in [7, 11) is 17.3. The van der Waals surface area contributed by atoms with Gasteiger partial charge >= 0.3 is 0 Å². The summed E-state index contributed by atoms with van der Waals surface area (Å²) in [5.74, 6) is -0.125. The monoisotopic (exact) mass is 1120 g/mol. The van der Waals surface area contributed by atoms with Crippen molar-refractivity contribution >= 4 is 68.3 Å². The van der Waals surface area contributed by atoms with E-state index >= 15 is 0 Å². The molecular weight excluding hydrogens is 1060 g/mol. The van der Waals surface area contributed by atoms with Crippen molar-refractivity contribution < 1.29 is 57.6 Å². The molecule has 6 aliphatic carbocycles. The predicted molar refractivity (Wildman–Crippen MR) is 325 cm³/mol. The Bertz CT molecular complexity index is 3490. The SMILES string of the molecule is CN(CCOc1cc(OCCN(C)c2cccc(C3=C([O-])C(=C4C=CC(=[N+](C)C)C=C4)C3=O)c2)cc(OCCN(C)c2cccc(C3=C([O-])C(=C4C=CC(=[N+](C)C)C=C4)C3=O)c2)c1)c1cccc(C2=C([O-])C(=C3C=CC(=[N+](C)C)C=C3)C2=O)c1. The van der Waals surface area contributed by atoms with Gasteiger partial charge in [-0.15, -0.1) is 0 Å². The third-order valence-electron chi connectivity index (χ3n) is 15.4. The molecule has 0 fully saturated rings. The molecular formula is C69H66N6O9. The molecule has 0 atom stereocenters. The van der Waals surface area contributed by atoms with E-state index in [2.05, 4.69) is 0 Å². The molecule has 0 radical (unpaired) electrons. The molecule has 0 aliphatic heterocycles. The van der Waals surface area contributed by atoms with Crippen LogP contribution in [0.1, 0.15) is 16.7 Å². The molecule has 0 unspecified atom stereocenters. The molecule has 4 aromatic carbocycles. The van der Waals surface area contributed by atoms with Crippen LogP contribution in [-0.4, -0.2) is 151 Å². The van der Waals surface area contributed by atoms with Gasteiger partial charge in [0, 0.05) is 126 Å². The Morgan fingerprint density at radius 2 is 0.607 bits per heavy atom. The zero-order valence-electron chi connectivity index (χ0n) is 48.7. The van der Waals surface area contributed by atoms with Gasteiger partial charge < -0.3 is 44.2 Å². The number of carbonyl (C=O) groups is 3. The van der Waals surface area contributed by atoms with Crippen molar-refractivity contribution in [3.05, 3.63) is 231 Å². The number of carbonyl (C=O) groups excluding carboxylic acids is 3. The maximum Gasteiger partial charge on any atom is 0.199 e. The van der Waals surface area contributed by atoms with Gasteiger partial charge in [0.05, 0.1) is 19.6 Å². The quantitative estimate of drug-likeness (QED) is 0.0896. The zero-order valence-corrected chi connectivity index (χ0v) is 48.7. The third-order valence-corrected chi connectivity index (χ3v) is 15.4. The van der Waals surface area contributed by atoms with E-state index in [9.17, 15) is 29.7 Å². The highest BCUT2D eigenvalue weighted by Gasteiger charge is 2.33. The van der Waals surface area contributed by atoms with Crippen LogP contribution in [0.4, 0.5) is 17.1 Å². The Kier molecular flexibility index (Phi) is 16.5. The lowest BCUT2D eigenvalue weighted by Crippen LogP contribution is -2.30. The average molecular weight is 1120 g/mol. The Morgan fingerprint density at radius 3 is 0.833 bits per heavy atom. The third kappa shape index (κ3) is 11.7. The van der Waals surface area contributed by atoms with E-state index in [0.29, 0.717) is 70.3 Å². The second-order valence-electron chi connectivity index (χ2n) is 21.6. The second kappa shape index (κ2) is 24.2. The van der Waals surface area contributed by atoms with Gasteiger partial charge in [-0.25, -0.2) is 13.7 Å². The van der Waals surface area contributed by atoms with Gasteiger partial charge in [-0.1, -0.05) is 53.7 Å². The van der Waals surface area contributed by atoms with Crippen molar-refractivity contribution in [3.8, 4) is 17.2 Å². The minimum atomic E-state index is -0.272. The van der Waals surface area contributed by atoms with E-state index < -0.39 is 0 Å². The van der Waals surface area contributed by atoms with Crippen LogP contribution in [-0.2, 0) is 14.4 Å². The van der Waals surface area contributed by atoms with Gasteiger partial charge in [0.15, 0.2) is 34.5 Å². The summed E-state index contributed by atoms with van der Waals surface area (Å²) in [5, 5.41) is 40.3. The standard InChI is InChI=1S/C69H66N6O9/c1-70(2)49-25-19-43(20-26-49)58-64(76)61(65(58)77)46-13-10-16-52(37-46)73(7)31-34-82-55-40-56(83-35-32-74(8)53-17-11-14-47(38-53)62-66(78)59(67(62)79)44-21-27-50(28-22-44)71(3)4)42-57(41-55)84-36-33-75(9)54-18-12-15-48(39-54)63-68(80)60(69(63)81)45-23-29-51(30-24-45)72(5)6/h10-30,37-42H,31-36H2,1-9H3. The molecule has 15 heteroatoms. The van der Waals surface area contributed by atoms with E-state index in [4.69, 9.17) is 14.2 Å². The van der Waals surface area contributed by atoms with E-state index in [0.717, 1.165) is 34.2 Å². The lowest BCUT2D eigenvalue weighted by Gasteiger charge is -2.32. The van der Waals surface area contributed by atoms with Gasteiger partial charge in [-0.05, 0) is 106 Å². The maximum atomic E-state index is 13.4. The summed E-state index contributed by atoms with van der Waals surface area (Å²) in [6.45, 7) is 2.12. The number of anilines is 3. The molecule has 0 amide bonds. The Hall–Kier alpha value is -10.0. The van der Waals surface area contributed by atoms with Crippen molar-refractivity contribution in [2.45, 2.75) is 0 Å². The van der Waals surface area contributed by atoms with Crippen molar-refractivity contribution in [3.63, 3.8) is 0 Å². The van der Waals surface area contributed by atoms with Crippen LogP contribution in [0.25, 0.3) is 16.7 Å². The number of likely N-dealkylation sites (N-methyl/N-ethyl adjacent to an activating group) is 3. The minimum Gasteiger partial charge on any atom is -0.871 e. The molecule has 426 valence electrons. The number of hydrogen-bond acceptors (Lipinski definition) is 12. The summed E-state index contributed by atoms with van der Waals surface area (Å²) in [5.41, 5.74) is 9.89. The van der Waals surface area contributed by atoms with Gasteiger partial charge in [-0.3, -0.25) is 14.4 Å². The second-order valence-corrected chi connectivity index (χ2v) is 21.6. The molecule has 0 N–H and O–H groups in total. The lowest BCUT2D eigenvalue weighted by molar-refractivity contribution is -0.462. The smallest absolute Gasteiger partial charge is 0.199 e. The normalized spacial score (nSPS) is 16.2. The van der Waals surface area contributed by atoms with Crippen LogP contribution in [0.3, 0.4) is 0 Å². The summed E-state index contributed by atoms with van der Waals surface area (Å²) in [6.07, 6.45) is 22.1. The van der Waals surface area contributed by atoms with Crippen LogP contribution in [0.15, 0.2) is 215 Å². The van der Waals surface area contributed by atoms with Gasteiger partial charge in [0.2, 0.25) is 0 Å². The number of ether oxygens (including phenoxy) is 3. The molecule has 0 heterocycles. The van der Waals surface area contributed by atoms with Crippen molar-refractivity contribution in [2.75, 3.05) is 118 Å². The Labute approximate surface area is 490 Å². The summed E-state index contributed by atoms with van der Waals surface area (Å²) >= 11 is 0. The zero-order chi connectivity index (χ0) is 59.5. The van der Waals surface area contributed by atoms with Gasteiger partial charge in [0.25, 0.3) is 0 Å². The van der Waals surface area contributed by atoms with E-state index in [1.165, 1.54) is 0 Å². The highest BCUT2D eigenvalue weighted by molar-refractivity contribution is 6.41. The van der Waals surface area contributed by atoms with Crippen molar-refractivity contribution in [1.82, 2.24) is 0 Å². The summed E-state index contributed by atoms with van der Waals surface area (Å²) in [4.78, 5) is 46.3. The van der Waals surface area contributed by atoms with Gasteiger partial charge in [0.1, 0.15) is 79.4 Å². The van der Waals surface area contributed by atoms with Crippen molar-refractivity contribution in [2.24, 2.45) is 0 Å². The molecule has 84 heavy (non-hydrogen) atoms. The number of nitrogens with zero attached hydrogens (tertiary/aromatic N) is 6. The lowest BCUT2D eigenvalue weighted by atomic mass is 9.80. The number of hydrogen-bond donors (Lipinski definition) is 0. The highest BCUT2D eigenvalue weighted by atomic mass is 16.5. The summed E-state index contributed by atoms with van der Waals surface area (Å²) in [6, 6.07) is 27.5. The molecule has 10 rings (SSSR count). The largest absolute Gasteiger partial charge is 0.871 e. The average Bonchev–Trinajstić information content (AvgIpc) is 1.22. The van der Waals surface area contributed by atoms with Crippen molar-refractivity contribution in [1.29, 1.82) is 0 Å². The first-order chi connectivity index (χ1) is 40.4. The predicted octanol–water partition coefficient (Wildman–Crippen LogP) is 5.60. The molecule has 0 saturated heterocycles. The molecule has 0 spiro atoms. The van der Waals surface area contributed by atoms with E-state index in [1.807, 2.05) is 183 Å². The van der Waals surface area contributed by atoms with Crippen LogP contribution in [0, 0.1) is 0 Å². The van der Waals surface area contributed by atoms with E-state index in [-0.39, 0.29) is 87.9 Å². The molecule has 6 aliphatic rings. The number of rotatable bonds is 18. The number of ketones is 3. The summed E-state index contributed by atoms with van der Waals surface area (Å²) < 4.78 is 25.0. The molecule has 0 bridgehead atoms. The van der Waals surface area contributed by atoms with E-state index in [1.54, 1.807) is 72.9 Å². The number of Topliss-reactive ketones (excluding diaryl/α,β-unsaturated/α-hetero) is 3. The van der Waals surface area contributed by atoms with Crippen LogP contribution in [0.2, 0.25) is 0 Å². The van der Waals surface area contributed by atoms with Gasteiger partial charge in [-0.2, -0.15) is 0 Å². The van der Waals surface area contributed by atoms with Crippen LogP contribution < -0.4 is 44.2 Å². The van der Waals surface area contributed by atoms with Crippen LogP contribution >= 0.6 is 0 Å². The minimum absolute atomic E-state index is 0.171. The topological polar surface area (TPSA) is 167 Å². The number of allylic oxidation sites excluding steroid dienone is 21. The highest BCUT2D eigenvalue weighted by Crippen LogP contribution is 2.41. The fraction of sp³-hybridized carbons (Fsp3) is 0.217. The molecule has 0 aromatic heterocycles. The Morgan fingerprint density at radius 1 is 0.357 bits per heavy atom. The van der Waals surface area contributed by atoms with Crippen LogP contribution in [0.5, 0.6) is 17.2 Å². The molecule has 4 aromatic rings. The molecule has 15 nitrogen and oxygen atoms in total.